The lowest BCUT2D eigenvalue weighted by molar-refractivity contribution is -0.138. The number of rotatable bonds is 11. The lowest BCUT2D eigenvalue weighted by atomic mass is 9.88. The highest BCUT2D eigenvalue weighted by Crippen LogP contribution is 2.29. The minimum atomic E-state index is -1.06. The van der Waals surface area contributed by atoms with Crippen LogP contribution in [0.3, 0.4) is 0 Å². The maximum atomic E-state index is 12.4. The van der Waals surface area contributed by atoms with E-state index in [1.165, 1.54) is 18.1 Å². The monoisotopic (exact) mass is 483 g/mol. The first-order valence-corrected chi connectivity index (χ1v) is 12.4. The molecule has 0 saturated carbocycles. The van der Waals surface area contributed by atoms with Crippen molar-refractivity contribution in [3.05, 3.63) is 64.2 Å². The molecule has 0 fully saturated rings. The fourth-order valence-corrected chi connectivity index (χ4v) is 3.93. The standard InChI is InChI=1S/C29H41NO5/c1-8-22(23-12-13-24(18(2)16-23)27(32)30-20(4)28(33)34)11-9-21-10-14-25(19(3)15-21)35-17-26(31)29(5,6)7/h10,12-16,20,22,26,31H,8-9,11,17H2,1-7H3,(H,30,32)(H,33,34). The normalized spacial score (nSPS) is 14.2. The molecule has 35 heavy (non-hydrogen) atoms. The number of hydrogen-bond donors (Lipinski definition) is 3. The van der Waals surface area contributed by atoms with Crippen LogP contribution in [0.5, 0.6) is 5.75 Å². The van der Waals surface area contributed by atoms with E-state index in [9.17, 15) is 14.7 Å². The van der Waals surface area contributed by atoms with E-state index in [0.29, 0.717) is 11.5 Å². The average Bonchev–Trinajstić information content (AvgIpc) is 2.77. The highest BCUT2D eigenvalue weighted by Gasteiger charge is 2.23. The number of amides is 1. The number of carbonyl (C=O) groups is 2. The topological polar surface area (TPSA) is 95.9 Å². The fourth-order valence-electron chi connectivity index (χ4n) is 3.93. The first-order valence-electron chi connectivity index (χ1n) is 12.4. The van der Waals surface area contributed by atoms with Crippen LogP contribution in [0.25, 0.3) is 0 Å². The maximum absolute atomic E-state index is 12.4. The Bertz CT molecular complexity index is 1020. The van der Waals surface area contributed by atoms with E-state index < -0.39 is 18.1 Å². The lowest BCUT2D eigenvalue weighted by Crippen LogP contribution is -2.38. The van der Waals surface area contributed by atoms with Crippen LogP contribution in [0.4, 0.5) is 0 Å². The van der Waals surface area contributed by atoms with Crippen LogP contribution < -0.4 is 10.1 Å². The van der Waals surface area contributed by atoms with Crippen LogP contribution in [-0.4, -0.2) is 40.8 Å². The van der Waals surface area contributed by atoms with Gasteiger partial charge in [-0.05, 0) is 85.8 Å². The molecule has 2 aromatic rings. The molecular formula is C29H41NO5. The summed E-state index contributed by atoms with van der Waals surface area (Å²) in [6, 6.07) is 11.1. The molecule has 3 unspecified atom stereocenters. The number of carboxylic acids is 1. The van der Waals surface area contributed by atoms with Crippen LogP contribution >= 0.6 is 0 Å². The molecule has 0 bridgehead atoms. The third-order valence-corrected chi connectivity index (χ3v) is 6.59. The van der Waals surface area contributed by atoms with Gasteiger partial charge in [-0.25, -0.2) is 0 Å². The largest absolute Gasteiger partial charge is 0.491 e. The molecule has 0 saturated heterocycles. The highest BCUT2D eigenvalue weighted by molar-refractivity contribution is 5.97. The van der Waals surface area contributed by atoms with Crippen molar-refractivity contribution in [3.8, 4) is 5.75 Å². The smallest absolute Gasteiger partial charge is 0.325 e. The Kier molecular flexibility index (Phi) is 9.90. The van der Waals surface area contributed by atoms with Gasteiger partial charge in [0.25, 0.3) is 5.91 Å². The number of carboxylic acid groups (broad SMARTS) is 1. The predicted octanol–water partition coefficient (Wildman–Crippen LogP) is 5.42. The van der Waals surface area contributed by atoms with Gasteiger partial charge in [0.2, 0.25) is 0 Å². The van der Waals surface area contributed by atoms with Crippen LogP contribution in [-0.2, 0) is 11.2 Å². The van der Waals surface area contributed by atoms with E-state index in [1.54, 1.807) is 6.07 Å². The number of aliphatic carboxylic acids is 1. The van der Waals surface area contributed by atoms with Gasteiger partial charge in [0, 0.05) is 5.56 Å². The number of ether oxygens (including phenoxy) is 1. The van der Waals surface area contributed by atoms with E-state index in [1.807, 2.05) is 52.8 Å². The number of benzene rings is 2. The summed E-state index contributed by atoms with van der Waals surface area (Å²) in [5.74, 6) is -0.284. The number of aliphatic hydroxyl groups is 1. The molecule has 0 heterocycles. The molecule has 3 atom stereocenters. The summed E-state index contributed by atoms with van der Waals surface area (Å²) < 4.78 is 5.86. The Morgan fingerprint density at radius 2 is 1.74 bits per heavy atom. The van der Waals surface area contributed by atoms with E-state index in [-0.39, 0.29) is 17.9 Å². The van der Waals surface area contributed by atoms with Crippen molar-refractivity contribution in [2.45, 2.75) is 85.8 Å². The van der Waals surface area contributed by atoms with Crippen LogP contribution in [0.1, 0.15) is 86.0 Å². The molecule has 0 aromatic heterocycles. The van der Waals surface area contributed by atoms with E-state index in [4.69, 9.17) is 9.84 Å². The number of aliphatic hydroxyl groups excluding tert-OH is 1. The van der Waals surface area contributed by atoms with Gasteiger partial charge >= 0.3 is 5.97 Å². The van der Waals surface area contributed by atoms with Gasteiger partial charge in [-0.2, -0.15) is 0 Å². The van der Waals surface area contributed by atoms with Crippen LogP contribution in [0.2, 0.25) is 0 Å². The van der Waals surface area contributed by atoms with E-state index in [0.717, 1.165) is 36.1 Å². The molecule has 6 heteroatoms. The van der Waals surface area contributed by atoms with Crippen molar-refractivity contribution < 1.29 is 24.5 Å². The van der Waals surface area contributed by atoms with E-state index >= 15 is 0 Å². The van der Waals surface area contributed by atoms with Crippen molar-refractivity contribution in [2.24, 2.45) is 5.41 Å². The number of aryl methyl sites for hydroxylation is 3. The maximum Gasteiger partial charge on any atom is 0.325 e. The van der Waals surface area contributed by atoms with E-state index in [2.05, 4.69) is 24.4 Å². The summed E-state index contributed by atoms with van der Waals surface area (Å²) in [7, 11) is 0. The second kappa shape index (κ2) is 12.2. The van der Waals surface area contributed by atoms with Crippen LogP contribution in [0, 0.1) is 19.3 Å². The quantitative estimate of drug-likeness (QED) is 0.397. The Morgan fingerprint density at radius 3 is 2.29 bits per heavy atom. The molecule has 0 aliphatic carbocycles. The third-order valence-electron chi connectivity index (χ3n) is 6.59. The molecule has 2 aromatic carbocycles. The Morgan fingerprint density at radius 1 is 1.06 bits per heavy atom. The van der Waals surface area contributed by atoms with Gasteiger partial charge in [0.15, 0.2) is 0 Å². The fraction of sp³-hybridized carbons (Fsp3) is 0.517. The van der Waals surface area contributed by atoms with Crippen molar-refractivity contribution >= 4 is 11.9 Å². The minimum absolute atomic E-state index is 0.222. The molecule has 192 valence electrons. The predicted molar refractivity (Wildman–Crippen MR) is 139 cm³/mol. The van der Waals surface area contributed by atoms with Gasteiger partial charge in [-0.1, -0.05) is 52.0 Å². The number of hydrogen-bond acceptors (Lipinski definition) is 4. The zero-order valence-corrected chi connectivity index (χ0v) is 22.1. The first kappa shape index (κ1) is 28.4. The molecule has 0 aliphatic rings. The summed E-state index contributed by atoms with van der Waals surface area (Å²) >= 11 is 0. The minimum Gasteiger partial charge on any atom is -0.491 e. The van der Waals surface area contributed by atoms with Gasteiger partial charge < -0.3 is 20.3 Å². The van der Waals surface area contributed by atoms with Crippen molar-refractivity contribution in [2.75, 3.05) is 6.61 Å². The zero-order valence-electron chi connectivity index (χ0n) is 22.1. The Hall–Kier alpha value is -2.86. The van der Waals surface area contributed by atoms with Crippen molar-refractivity contribution in [3.63, 3.8) is 0 Å². The Labute approximate surface area is 209 Å². The summed E-state index contributed by atoms with van der Waals surface area (Å²) in [5.41, 5.74) is 4.59. The molecule has 2 rings (SSSR count). The molecule has 0 radical (unpaired) electrons. The second-order valence-corrected chi connectivity index (χ2v) is 10.5. The van der Waals surface area contributed by atoms with Gasteiger partial charge in [-0.3, -0.25) is 9.59 Å². The average molecular weight is 484 g/mol. The Balaban J connectivity index is 2.02. The molecular weight excluding hydrogens is 442 g/mol. The molecule has 0 aliphatic heterocycles. The summed E-state index contributed by atoms with van der Waals surface area (Å²) in [6.45, 7) is 13.8. The highest BCUT2D eigenvalue weighted by atomic mass is 16.5. The number of nitrogens with one attached hydrogen (secondary N) is 1. The zero-order chi connectivity index (χ0) is 26.3. The molecule has 0 spiro atoms. The molecule has 1 amide bonds. The van der Waals surface area contributed by atoms with Gasteiger partial charge in [0.05, 0.1) is 6.10 Å². The SMILES string of the molecule is CCC(CCc1ccc(OCC(O)C(C)(C)C)c(C)c1)c1ccc(C(=O)NC(C)C(=O)O)c(C)c1. The van der Waals surface area contributed by atoms with Crippen LogP contribution in [0.15, 0.2) is 36.4 Å². The lowest BCUT2D eigenvalue weighted by Gasteiger charge is -2.26. The number of carbonyl (C=O) groups excluding carboxylic acids is 1. The van der Waals surface area contributed by atoms with Crippen molar-refractivity contribution in [1.82, 2.24) is 5.32 Å². The summed E-state index contributed by atoms with van der Waals surface area (Å²) in [4.78, 5) is 23.5. The summed E-state index contributed by atoms with van der Waals surface area (Å²) in [6.07, 6.45) is 2.33. The third kappa shape index (κ3) is 8.10. The summed E-state index contributed by atoms with van der Waals surface area (Å²) in [5, 5.41) is 21.8. The van der Waals surface area contributed by atoms with Gasteiger partial charge in [-0.15, -0.1) is 0 Å². The van der Waals surface area contributed by atoms with Gasteiger partial charge in [0.1, 0.15) is 18.4 Å². The molecule has 3 N–H and O–H groups in total. The second-order valence-electron chi connectivity index (χ2n) is 10.5. The molecule has 6 nitrogen and oxygen atoms in total. The van der Waals surface area contributed by atoms with Crippen molar-refractivity contribution in [1.29, 1.82) is 0 Å². The first-order chi connectivity index (χ1) is 16.3.